The van der Waals surface area contributed by atoms with Crippen LogP contribution in [0.4, 0.5) is 4.39 Å². The van der Waals surface area contributed by atoms with Crippen molar-refractivity contribution >= 4 is 6.21 Å². The molecular weight excluding hydrogens is 231 g/mol. The van der Waals surface area contributed by atoms with Crippen molar-refractivity contribution in [1.82, 2.24) is 5.01 Å². The van der Waals surface area contributed by atoms with Crippen molar-refractivity contribution in [3.63, 3.8) is 0 Å². The molecule has 1 aromatic rings. The van der Waals surface area contributed by atoms with E-state index in [1.54, 1.807) is 18.3 Å². The summed E-state index contributed by atoms with van der Waals surface area (Å²) >= 11 is 0. The van der Waals surface area contributed by atoms with E-state index >= 15 is 0 Å². The van der Waals surface area contributed by atoms with E-state index in [0.29, 0.717) is 0 Å². The summed E-state index contributed by atoms with van der Waals surface area (Å²) < 4.78 is 12.7. The second-order valence-corrected chi connectivity index (χ2v) is 4.79. The molecule has 0 radical (unpaired) electrons. The lowest BCUT2D eigenvalue weighted by Crippen LogP contribution is -2.40. The van der Waals surface area contributed by atoms with Crippen molar-refractivity contribution in [3.8, 4) is 0 Å². The van der Waals surface area contributed by atoms with E-state index in [-0.39, 0.29) is 18.0 Å². The quantitative estimate of drug-likeness (QED) is 0.660. The SMILES string of the molecule is CN(/N=C/c1ccc(F)cc1)[C@@H]1CCCC[C@H]1O. The van der Waals surface area contributed by atoms with Gasteiger partial charge in [0.25, 0.3) is 0 Å². The van der Waals surface area contributed by atoms with Crippen LogP contribution in [0.15, 0.2) is 29.4 Å². The summed E-state index contributed by atoms with van der Waals surface area (Å²) in [5.74, 6) is -0.247. The minimum absolute atomic E-state index is 0.0930. The minimum Gasteiger partial charge on any atom is -0.391 e. The van der Waals surface area contributed by atoms with E-state index in [1.165, 1.54) is 12.1 Å². The number of aliphatic hydroxyl groups is 1. The van der Waals surface area contributed by atoms with Crippen LogP contribution in [0.1, 0.15) is 31.2 Å². The number of nitrogens with zero attached hydrogens (tertiary/aromatic N) is 2. The molecule has 0 aliphatic heterocycles. The van der Waals surface area contributed by atoms with Gasteiger partial charge in [0.2, 0.25) is 0 Å². The standard InChI is InChI=1S/C14H19FN2O/c1-17(13-4-2-3-5-14(13)18)16-10-11-6-8-12(15)9-7-11/h6-10,13-14,18H,2-5H2,1H3/b16-10+/t13-,14-/m1/s1. The Labute approximate surface area is 107 Å². The first-order valence-electron chi connectivity index (χ1n) is 6.37. The average molecular weight is 250 g/mol. The Morgan fingerprint density at radius 2 is 1.94 bits per heavy atom. The summed E-state index contributed by atoms with van der Waals surface area (Å²) in [4.78, 5) is 0. The molecule has 1 aromatic carbocycles. The topological polar surface area (TPSA) is 35.8 Å². The van der Waals surface area contributed by atoms with Gasteiger partial charge in [0.15, 0.2) is 0 Å². The number of halogens is 1. The Morgan fingerprint density at radius 3 is 2.61 bits per heavy atom. The number of rotatable bonds is 3. The van der Waals surface area contributed by atoms with Crippen LogP contribution >= 0.6 is 0 Å². The zero-order valence-corrected chi connectivity index (χ0v) is 10.6. The van der Waals surface area contributed by atoms with E-state index in [0.717, 1.165) is 31.2 Å². The fraction of sp³-hybridized carbons (Fsp3) is 0.500. The van der Waals surface area contributed by atoms with Gasteiger partial charge < -0.3 is 5.11 Å². The summed E-state index contributed by atoms with van der Waals surface area (Å²) in [6.45, 7) is 0. The Bertz CT molecular complexity index is 405. The third-order valence-corrected chi connectivity index (χ3v) is 3.43. The highest BCUT2D eigenvalue weighted by Crippen LogP contribution is 2.22. The molecule has 2 rings (SSSR count). The molecule has 2 atom stereocenters. The number of likely N-dealkylation sites (N-methyl/N-ethyl adjacent to an activating group) is 1. The predicted octanol–water partition coefficient (Wildman–Crippen LogP) is 2.39. The van der Waals surface area contributed by atoms with Crippen LogP contribution in [-0.2, 0) is 0 Å². The third kappa shape index (κ3) is 3.29. The van der Waals surface area contributed by atoms with Crippen LogP contribution in [0.2, 0.25) is 0 Å². The van der Waals surface area contributed by atoms with Gasteiger partial charge >= 0.3 is 0 Å². The number of hydrogen-bond donors (Lipinski definition) is 1. The second-order valence-electron chi connectivity index (χ2n) is 4.79. The maximum atomic E-state index is 12.7. The van der Waals surface area contributed by atoms with Crippen molar-refractivity contribution in [1.29, 1.82) is 0 Å². The van der Waals surface area contributed by atoms with Crippen LogP contribution in [-0.4, -0.2) is 35.5 Å². The lowest BCUT2D eigenvalue weighted by molar-refractivity contribution is 0.0338. The Balaban J connectivity index is 1.97. The van der Waals surface area contributed by atoms with Gasteiger partial charge in [-0.05, 0) is 30.5 Å². The number of hydrazone groups is 1. The van der Waals surface area contributed by atoms with Crippen molar-refractivity contribution in [3.05, 3.63) is 35.6 Å². The Hall–Kier alpha value is -1.42. The molecular formula is C14H19FN2O. The fourth-order valence-electron chi connectivity index (χ4n) is 2.32. The lowest BCUT2D eigenvalue weighted by atomic mass is 9.92. The highest BCUT2D eigenvalue weighted by Gasteiger charge is 2.25. The van der Waals surface area contributed by atoms with Crippen LogP contribution < -0.4 is 0 Å². The molecule has 1 N–H and O–H groups in total. The molecule has 0 saturated heterocycles. The Morgan fingerprint density at radius 1 is 1.28 bits per heavy atom. The molecule has 1 aliphatic rings. The van der Waals surface area contributed by atoms with Gasteiger partial charge in [0, 0.05) is 7.05 Å². The molecule has 1 fully saturated rings. The maximum Gasteiger partial charge on any atom is 0.123 e. The second kappa shape index (κ2) is 5.96. The molecule has 98 valence electrons. The zero-order chi connectivity index (χ0) is 13.0. The van der Waals surface area contributed by atoms with Gasteiger partial charge in [-0.15, -0.1) is 0 Å². The van der Waals surface area contributed by atoms with Crippen molar-refractivity contribution in [2.75, 3.05) is 7.05 Å². The molecule has 18 heavy (non-hydrogen) atoms. The highest BCUT2D eigenvalue weighted by molar-refractivity contribution is 5.79. The number of benzene rings is 1. The zero-order valence-electron chi connectivity index (χ0n) is 10.6. The number of aliphatic hydroxyl groups excluding tert-OH is 1. The molecule has 1 aliphatic carbocycles. The van der Waals surface area contributed by atoms with E-state index in [2.05, 4.69) is 5.10 Å². The van der Waals surface area contributed by atoms with E-state index in [4.69, 9.17) is 0 Å². The van der Waals surface area contributed by atoms with E-state index in [9.17, 15) is 9.50 Å². The largest absolute Gasteiger partial charge is 0.391 e. The first kappa shape index (κ1) is 13.0. The van der Waals surface area contributed by atoms with Gasteiger partial charge in [0.1, 0.15) is 5.82 Å². The summed E-state index contributed by atoms with van der Waals surface area (Å²) in [5.41, 5.74) is 0.855. The summed E-state index contributed by atoms with van der Waals surface area (Å²) in [7, 11) is 1.87. The van der Waals surface area contributed by atoms with Crippen LogP contribution in [0.5, 0.6) is 0 Å². The molecule has 0 aromatic heterocycles. The number of hydrogen-bond acceptors (Lipinski definition) is 3. The lowest BCUT2D eigenvalue weighted by Gasteiger charge is -2.33. The van der Waals surface area contributed by atoms with Gasteiger partial charge in [-0.2, -0.15) is 5.10 Å². The van der Waals surface area contributed by atoms with E-state index in [1.807, 2.05) is 12.1 Å². The van der Waals surface area contributed by atoms with Gasteiger partial charge in [-0.25, -0.2) is 4.39 Å². The fourth-order valence-corrected chi connectivity index (χ4v) is 2.32. The molecule has 0 amide bonds. The van der Waals surface area contributed by atoms with Crippen molar-refractivity contribution < 1.29 is 9.50 Å². The summed E-state index contributed by atoms with van der Waals surface area (Å²) in [6, 6.07) is 6.29. The normalized spacial score (nSPS) is 24.4. The van der Waals surface area contributed by atoms with Gasteiger partial charge in [-0.1, -0.05) is 25.0 Å². The molecule has 0 heterocycles. The van der Waals surface area contributed by atoms with E-state index < -0.39 is 0 Å². The van der Waals surface area contributed by atoms with Crippen LogP contribution in [0.25, 0.3) is 0 Å². The summed E-state index contributed by atoms with van der Waals surface area (Å²) in [5, 5.41) is 16.0. The molecule has 3 nitrogen and oxygen atoms in total. The van der Waals surface area contributed by atoms with Crippen LogP contribution in [0.3, 0.4) is 0 Å². The van der Waals surface area contributed by atoms with Crippen molar-refractivity contribution in [2.45, 2.75) is 37.8 Å². The maximum absolute atomic E-state index is 12.7. The molecule has 4 heteroatoms. The monoisotopic (exact) mass is 250 g/mol. The Kier molecular flexibility index (Phi) is 4.31. The molecule has 0 spiro atoms. The summed E-state index contributed by atoms with van der Waals surface area (Å²) in [6.07, 6.45) is 5.44. The predicted molar refractivity (Wildman–Crippen MR) is 70.0 cm³/mol. The minimum atomic E-state index is -0.297. The molecule has 0 bridgehead atoms. The van der Waals surface area contributed by atoms with Crippen LogP contribution in [0, 0.1) is 5.82 Å². The molecule has 0 unspecified atom stereocenters. The van der Waals surface area contributed by atoms with Crippen molar-refractivity contribution in [2.24, 2.45) is 5.10 Å². The van der Waals surface area contributed by atoms with Gasteiger partial charge in [0.05, 0.1) is 18.4 Å². The third-order valence-electron chi connectivity index (χ3n) is 3.43. The first-order chi connectivity index (χ1) is 8.66. The molecule has 1 saturated carbocycles. The first-order valence-corrected chi connectivity index (χ1v) is 6.37. The highest BCUT2D eigenvalue weighted by atomic mass is 19.1. The van der Waals surface area contributed by atoms with Gasteiger partial charge in [-0.3, -0.25) is 5.01 Å². The smallest absolute Gasteiger partial charge is 0.123 e. The average Bonchev–Trinajstić information content (AvgIpc) is 2.38.